The third-order valence-corrected chi connectivity index (χ3v) is 2.32. The Morgan fingerprint density at radius 3 is 2.85 bits per heavy atom. The molecule has 0 fully saturated rings. The van der Waals surface area contributed by atoms with Crippen molar-refractivity contribution in [2.45, 2.75) is 13.3 Å². The summed E-state index contributed by atoms with van der Waals surface area (Å²) in [5.74, 6) is 0. The van der Waals surface area contributed by atoms with E-state index in [-0.39, 0.29) is 0 Å². The van der Waals surface area contributed by atoms with Crippen molar-refractivity contribution >= 4 is 12.3 Å². The van der Waals surface area contributed by atoms with Gasteiger partial charge in [-0.05, 0) is 36.1 Å². The van der Waals surface area contributed by atoms with Crippen LogP contribution in [0.3, 0.4) is 0 Å². The van der Waals surface area contributed by atoms with Gasteiger partial charge in [0.2, 0.25) is 0 Å². The molecule has 1 nitrogen and oxygen atoms in total. The van der Waals surface area contributed by atoms with E-state index in [1.807, 2.05) is 6.21 Å². The van der Waals surface area contributed by atoms with Gasteiger partial charge in [0.15, 0.2) is 0 Å². The predicted octanol–water partition coefficient (Wildman–Crippen LogP) is 2.85. The van der Waals surface area contributed by atoms with E-state index in [9.17, 15) is 0 Å². The Morgan fingerprint density at radius 2 is 2.15 bits per heavy atom. The Morgan fingerprint density at radius 1 is 1.31 bits per heavy atom. The second kappa shape index (κ2) is 3.56. The summed E-state index contributed by atoms with van der Waals surface area (Å²) in [6, 6.07) is 8.43. The first-order valence-corrected chi connectivity index (χ1v) is 4.62. The molecule has 66 valence electrons. The van der Waals surface area contributed by atoms with Crippen LogP contribution < -0.4 is 0 Å². The molecule has 1 heterocycles. The van der Waals surface area contributed by atoms with Crippen LogP contribution in [0.4, 0.5) is 0 Å². The lowest BCUT2D eigenvalue weighted by Gasteiger charge is -1.99. The molecule has 0 saturated heterocycles. The SMILES string of the molecule is Cc1ccccc1/C=C1\C=NCC1. The minimum atomic E-state index is 0.956. The van der Waals surface area contributed by atoms with Crippen molar-refractivity contribution in [3.05, 3.63) is 41.0 Å². The number of aliphatic imine (C=N–C) groups is 1. The van der Waals surface area contributed by atoms with Crippen LogP contribution in [0.1, 0.15) is 17.5 Å². The van der Waals surface area contributed by atoms with Crippen molar-refractivity contribution in [3.63, 3.8) is 0 Å². The third-order valence-electron chi connectivity index (χ3n) is 2.32. The quantitative estimate of drug-likeness (QED) is 0.616. The molecule has 0 bridgehead atoms. The van der Waals surface area contributed by atoms with E-state index in [2.05, 4.69) is 42.3 Å². The molecule has 0 N–H and O–H groups in total. The van der Waals surface area contributed by atoms with Crippen molar-refractivity contribution < 1.29 is 0 Å². The fourth-order valence-electron chi connectivity index (χ4n) is 1.50. The first-order chi connectivity index (χ1) is 6.36. The highest BCUT2D eigenvalue weighted by Gasteiger charge is 2.01. The minimum absolute atomic E-state index is 0.956. The van der Waals surface area contributed by atoms with E-state index in [1.54, 1.807) is 0 Å². The molecule has 0 aromatic heterocycles. The molecule has 1 aromatic rings. The van der Waals surface area contributed by atoms with Crippen molar-refractivity contribution in [2.24, 2.45) is 4.99 Å². The summed E-state index contributed by atoms with van der Waals surface area (Å²) in [4.78, 5) is 4.20. The maximum atomic E-state index is 4.20. The third kappa shape index (κ3) is 1.86. The van der Waals surface area contributed by atoms with Gasteiger partial charge in [0.1, 0.15) is 0 Å². The van der Waals surface area contributed by atoms with E-state index in [0.717, 1.165) is 13.0 Å². The van der Waals surface area contributed by atoms with Gasteiger partial charge < -0.3 is 0 Å². The first-order valence-electron chi connectivity index (χ1n) is 4.62. The van der Waals surface area contributed by atoms with Crippen molar-refractivity contribution in [1.29, 1.82) is 0 Å². The Balaban J connectivity index is 2.31. The standard InChI is InChI=1S/C12H13N/c1-10-4-2-3-5-12(10)8-11-6-7-13-9-11/h2-5,8-9H,6-7H2,1H3/b11-8-. The Hall–Kier alpha value is -1.37. The van der Waals surface area contributed by atoms with Crippen LogP contribution in [-0.4, -0.2) is 12.8 Å². The number of nitrogens with zero attached hydrogens (tertiary/aromatic N) is 1. The first kappa shape index (κ1) is 8.24. The van der Waals surface area contributed by atoms with Gasteiger partial charge in [-0.15, -0.1) is 0 Å². The molecular formula is C12H13N. The Kier molecular flexibility index (Phi) is 2.26. The number of rotatable bonds is 1. The predicted molar refractivity (Wildman–Crippen MR) is 57.1 cm³/mol. The van der Waals surface area contributed by atoms with Crippen LogP contribution in [0.25, 0.3) is 6.08 Å². The topological polar surface area (TPSA) is 12.4 Å². The van der Waals surface area contributed by atoms with Gasteiger partial charge in [-0.2, -0.15) is 0 Å². The summed E-state index contributed by atoms with van der Waals surface area (Å²) in [7, 11) is 0. The lowest BCUT2D eigenvalue weighted by molar-refractivity contribution is 1.05. The highest BCUT2D eigenvalue weighted by Crippen LogP contribution is 2.15. The van der Waals surface area contributed by atoms with Crippen LogP contribution >= 0.6 is 0 Å². The summed E-state index contributed by atoms with van der Waals surface area (Å²) in [5.41, 5.74) is 3.98. The second-order valence-corrected chi connectivity index (χ2v) is 3.36. The fraction of sp³-hybridized carbons (Fsp3) is 0.250. The van der Waals surface area contributed by atoms with Gasteiger partial charge in [-0.3, -0.25) is 4.99 Å². The Bertz CT molecular complexity index is 361. The maximum Gasteiger partial charge on any atom is 0.0430 e. The van der Waals surface area contributed by atoms with Crippen LogP contribution in [-0.2, 0) is 0 Å². The Labute approximate surface area is 78.8 Å². The van der Waals surface area contributed by atoms with Gasteiger partial charge >= 0.3 is 0 Å². The maximum absolute atomic E-state index is 4.20. The zero-order chi connectivity index (χ0) is 9.10. The van der Waals surface area contributed by atoms with Gasteiger partial charge in [0, 0.05) is 12.8 Å². The zero-order valence-corrected chi connectivity index (χ0v) is 7.83. The molecule has 0 saturated carbocycles. The molecule has 0 radical (unpaired) electrons. The van der Waals surface area contributed by atoms with Crippen LogP contribution in [0.2, 0.25) is 0 Å². The van der Waals surface area contributed by atoms with E-state index in [1.165, 1.54) is 16.7 Å². The molecule has 2 rings (SSSR count). The van der Waals surface area contributed by atoms with Gasteiger partial charge in [-0.25, -0.2) is 0 Å². The average Bonchev–Trinajstić information content (AvgIpc) is 2.61. The summed E-state index contributed by atoms with van der Waals surface area (Å²) in [5, 5.41) is 0. The van der Waals surface area contributed by atoms with Gasteiger partial charge in [-0.1, -0.05) is 24.3 Å². The van der Waals surface area contributed by atoms with Crippen LogP contribution in [0.5, 0.6) is 0 Å². The lowest BCUT2D eigenvalue weighted by atomic mass is 10.1. The molecule has 13 heavy (non-hydrogen) atoms. The van der Waals surface area contributed by atoms with E-state index in [4.69, 9.17) is 0 Å². The highest BCUT2D eigenvalue weighted by molar-refractivity contribution is 5.87. The number of hydrogen-bond donors (Lipinski definition) is 0. The van der Waals surface area contributed by atoms with E-state index in [0.29, 0.717) is 0 Å². The molecule has 0 aliphatic carbocycles. The largest absolute Gasteiger partial charge is 0.293 e. The van der Waals surface area contributed by atoms with Crippen molar-refractivity contribution in [1.82, 2.24) is 0 Å². The molecule has 0 amide bonds. The summed E-state index contributed by atoms with van der Waals surface area (Å²) in [6.07, 6.45) is 5.30. The fourth-order valence-corrected chi connectivity index (χ4v) is 1.50. The second-order valence-electron chi connectivity index (χ2n) is 3.36. The zero-order valence-electron chi connectivity index (χ0n) is 7.83. The normalized spacial score (nSPS) is 18.4. The highest BCUT2D eigenvalue weighted by atomic mass is 14.7. The van der Waals surface area contributed by atoms with Crippen molar-refractivity contribution in [3.8, 4) is 0 Å². The molecule has 1 aliphatic rings. The summed E-state index contributed by atoms with van der Waals surface area (Å²) >= 11 is 0. The van der Waals surface area contributed by atoms with Gasteiger partial charge in [0.05, 0.1) is 0 Å². The molecular weight excluding hydrogens is 158 g/mol. The van der Waals surface area contributed by atoms with Gasteiger partial charge in [0.25, 0.3) is 0 Å². The number of benzene rings is 1. The lowest BCUT2D eigenvalue weighted by Crippen LogP contribution is -1.82. The molecule has 0 atom stereocenters. The molecule has 1 aliphatic heterocycles. The smallest absolute Gasteiger partial charge is 0.0430 e. The molecule has 0 unspecified atom stereocenters. The van der Waals surface area contributed by atoms with E-state index < -0.39 is 0 Å². The summed E-state index contributed by atoms with van der Waals surface area (Å²) < 4.78 is 0. The average molecular weight is 171 g/mol. The van der Waals surface area contributed by atoms with Crippen LogP contribution in [0.15, 0.2) is 34.8 Å². The number of aryl methyl sites for hydroxylation is 1. The summed E-state index contributed by atoms with van der Waals surface area (Å²) in [6.45, 7) is 3.09. The molecule has 1 aromatic carbocycles. The minimum Gasteiger partial charge on any atom is -0.293 e. The van der Waals surface area contributed by atoms with E-state index >= 15 is 0 Å². The number of hydrogen-bond acceptors (Lipinski definition) is 1. The monoisotopic (exact) mass is 171 g/mol. The van der Waals surface area contributed by atoms with Crippen LogP contribution in [0, 0.1) is 6.92 Å². The molecule has 1 heteroatoms. The molecule has 0 spiro atoms. The van der Waals surface area contributed by atoms with Crippen molar-refractivity contribution in [2.75, 3.05) is 6.54 Å².